The van der Waals surface area contributed by atoms with Gasteiger partial charge < -0.3 is 14.8 Å². The van der Waals surface area contributed by atoms with Crippen molar-refractivity contribution in [3.63, 3.8) is 0 Å². The van der Waals surface area contributed by atoms with Gasteiger partial charge in [0.1, 0.15) is 11.5 Å². The molecule has 0 aliphatic carbocycles. The molecule has 1 aromatic carbocycles. The number of benzene rings is 1. The molecular formula is C15H17NO3. The molecule has 1 aromatic heterocycles. The molecule has 0 saturated carbocycles. The molecular weight excluding hydrogens is 242 g/mol. The van der Waals surface area contributed by atoms with Crippen LogP contribution in [0.1, 0.15) is 28.6 Å². The van der Waals surface area contributed by atoms with E-state index in [0.717, 1.165) is 11.3 Å². The fourth-order valence-electron chi connectivity index (χ4n) is 1.91. The van der Waals surface area contributed by atoms with E-state index in [1.54, 1.807) is 18.4 Å². The minimum absolute atomic E-state index is 0.00620. The van der Waals surface area contributed by atoms with E-state index in [2.05, 4.69) is 5.32 Å². The number of rotatable bonds is 4. The number of amides is 1. The first-order valence-electron chi connectivity index (χ1n) is 6.19. The number of carbonyl (C=O) groups is 1. The van der Waals surface area contributed by atoms with Crippen LogP contribution in [-0.4, -0.2) is 17.1 Å². The van der Waals surface area contributed by atoms with Crippen LogP contribution in [0.15, 0.2) is 41.0 Å². The number of nitrogens with one attached hydrogen (secondary N) is 1. The molecule has 0 spiro atoms. The number of hydrogen-bond donors (Lipinski definition) is 2. The lowest BCUT2D eigenvalue weighted by Gasteiger charge is -2.13. The van der Waals surface area contributed by atoms with Crippen LogP contribution in [0, 0.1) is 6.92 Å². The molecule has 1 unspecified atom stereocenters. The molecule has 19 heavy (non-hydrogen) atoms. The second kappa shape index (κ2) is 5.61. The average molecular weight is 259 g/mol. The Morgan fingerprint density at radius 3 is 2.89 bits per heavy atom. The maximum absolute atomic E-state index is 12.1. The molecule has 2 rings (SSSR count). The van der Waals surface area contributed by atoms with E-state index >= 15 is 0 Å². The van der Waals surface area contributed by atoms with Crippen LogP contribution in [0.3, 0.4) is 0 Å². The van der Waals surface area contributed by atoms with E-state index in [4.69, 9.17) is 4.42 Å². The van der Waals surface area contributed by atoms with Crippen LogP contribution in [-0.2, 0) is 6.42 Å². The first-order chi connectivity index (χ1) is 9.06. The van der Waals surface area contributed by atoms with Gasteiger partial charge in [0.05, 0.1) is 11.8 Å². The minimum atomic E-state index is -0.278. The van der Waals surface area contributed by atoms with Crippen LogP contribution in [0.25, 0.3) is 0 Å². The molecule has 0 saturated heterocycles. The van der Waals surface area contributed by atoms with Gasteiger partial charge in [0.2, 0.25) is 0 Å². The molecule has 0 fully saturated rings. The van der Waals surface area contributed by atoms with Crippen molar-refractivity contribution in [1.29, 1.82) is 0 Å². The van der Waals surface area contributed by atoms with Crippen molar-refractivity contribution in [2.45, 2.75) is 26.3 Å². The Morgan fingerprint density at radius 1 is 1.42 bits per heavy atom. The second-order valence-electron chi connectivity index (χ2n) is 4.68. The maximum atomic E-state index is 12.1. The minimum Gasteiger partial charge on any atom is -0.507 e. The quantitative estimate of drug-likeness (QED) is 0.887. The fraction of sp³-hybridized carbons (Fsp3) is 0.267. The van der Waals surface area contributed by atoms with Gasteiger partial charge in [-0.3, -0.25) is 4.79 Å². The standard InChI is InChI=1S/C15H17NO3/c1-10-5-6-14(17)13(8-10)15(18)16-11(2)9-12-4-3-7-19-12/h3-8,11,17H,9H2,1-2H3,(H,16,18). The third-order valence-electron chi connectivity index (χ3n) is 2.86. The number of aromatic hydroxyl groups is 1. The third-order valence-corrected chi connectivity index (χ3v) is 2.86. The van der Waals surface area contributed by atoms with Crippen LogP contribution >= 0.6 is 0 Å². The Kier molecular flexibility index (Phi) is 3.90. The van der Waals surface area contributed by atoms with E-state index in [1.165, 1.54) is 6.07 Å². The van der Waals surface area contributed by atoms with Crippen LogP contribution in [0.4, 0.5) is 0 Å². The molecule has 2 aromatic rings. The van der Waals surface area contributed by atoms with Crippen molar-refractivity contribution in [3.8, 4) is 5.75 Å². The van der Waals surface area contributed by atoms with Crippen molar-refractivity contribution in [1.82, 2.24) is 5.32 Å². The van der Waals surface area contributed by atoms with Crippen molar-refractivity contribution < 1.29 is 14.3 Å². The number of aryl methyl sites for hydroxylation is 1. The Labute approximate surface area is 112 Å². The molecule has 0 aliphatic rings. The number of phenolic OH excluding ortho intramolecular Hbond substituents is 1. The van der Waals surface area contributed by atoms with Gasteiger partial charge in [0.15, 0.2) is 0 Å². The van der Waals surface area contributed by atoms with E-state index < -0.39 is 0 Å². The highest BCUT2D eigenvalue weighted by molar-refractivity contribution is 5.97. The van der Waals surface area contributed by atoms with Gasteiger partial charge in [-0.2, -0.15) is 0 Å². The maximum Gasteiger partial charge on any atom is 0.255 e. The molecule has 0 radical (unpaired) electrons. The summed E-state index contributed by atoms with van der Waals surface area (Å²) in [7, 11) is 0. The highest BCUT2D eigenvalue weighted by Gasteiger charge is 2.14. The van der Waals surface area contributed by atoms with E-state index in [1.807, 2.05) is 26.0 Å². The summed E-state index contributed by atoms with van der Waals surface area (Å²) in [4.78, 5) is 12.1. The van der Waals surface area contributed by atoms with Gasteiger partial charge in [-0.15, -0.1) is 0 Å². The second-order valence-corrected chi connectivity index (χ2v) is 4.68. The first-order valence-corrected chi connectivity index (χ1v) is 6.19. The van der Waals surface area contributed by atoms with Crippen molar-refractivity contribution in [3.05, 3.63) is 53.5 Å². The molecule has 100 valence electrons. The van der Waals surface area contributed by atoms with Gasteiger partial charge in [-0.05, 0) is 38.1 Å². The van der Waals surface area contributed by atoms with Crippen LogP contribution in [0.5, 0.6) is 5.75 Å². The van der Waals surface area contributed by atoms with Gasteiger partial charge in [-0.25, -0.2) is 0 Å². The number of phenols is 1. The Balaban J connectivity index is 2.02. The number of carbonyl (C=O) groups excluding carboxylic acids is 1. The monoisotopic (exact) mass is 259 g/mol. The van der Waals surface area contributed by atoms with E-state index in [9.17, 15) is 9.90 Å². The molecule has 1 atom stereocenters. The van der Waals surface area contributed by atoms with Crippen molar-refractivity contribution in [2.24, 2.45) is 0 Å². The zero-order valence-corrected chi connectivity index (χ0v) is 11.0. The number of hydrogen-bond acceptors (Lipinski definition) is 3. The zero-order valence-electron chi connectivity index (χ0n) is 11.0. The molecule has 0 aliphatic heterocycles. The van der Waals surface area contributed by atoms with Gasteiger partial charge in [0.25, 0.3) is 5.91 Å². The lowest BCUT2D eigenvalue weighted by atomic mass is 10.1. The van der Waals surface area contributed by atoms with Crippen LogP contribution in [0.2, 0.25) is 0 Å². The highest BCUT2D eigenvalue weighted by Crippen LogP contribution is 2.18. The summed E-state index contributed by atoms with van der Waals surface area (Å²) in [5.41, 5.74) is 1.23. The van der Waals surface area contributed by atoms with Crippen molar-refractivity contribution in [2.75, 3.05) is 0 Å². The smallest absolute Gasteiger partial charge is 0.255 e. The largest absolute Gasteiger partial charge is 0.507 e. The molecule has 4 heteroatoms. The summed E-state index contributed by atoms with van der Waals surface area (Å²) in [5.74, 6) is 0.537. The highest BCUT2D eigenvalue weighted by atomic mass is 16.3. The van der Waals surface area contributed by atoms with Crippen molar-refractivity contribution >= 4 is 5.91 Å². The predicted molar refractivity (Wildman–Crippen MR) is 72.2 cm³/mol. The Morgan fingerprint density at radius 2 is 2.21 bits per heavy atom. The summed E-state index contributed by atoms with van der Waals surface area (Å²) in [6.07, 6.45) is 2.22. The lowest BCUT2D eigenvalue weighted by Crippen LogP contribution is -2.34. The Hall–Kier alpha value is -2.23. The topological polar surface area (TPSA) is 62.5 Å². The Bertz CT molecular complexity index is 561. The van der Waals surface area contributed by atoms with Gasteiger partial charge in [-0.1, -0.05) is 11.6 Å². The van der Waals surface area contributed by atoms with E-state index in [0.29, 0.717) is 12.0 Å². The third kappa shape index (κ3) is 3.37. The summed E-state index contributed by atoms with van der Waals surface area (Å²) in [5, 5.41) is 12.5. The SMILES string of the molecule is Cc1ccc(O)c(C(=O)NC(C)Cc2ccco2)c1. The average Bonchev–Trinajstić information content (AvgIpc) is 2.84. The van der Waals surface area contributed by atoms with Crippen LogP contribution < -0.4 is 5.32 Å². The normalized spacial score (nSPS) is 12.1. The molecule has 0 bridgehead atoms. The number of furan rings is 1. The molecule has 1 heterocycles. The molecule has 2 N–H and O–H groups in total. The molecule has 1 amide bonds. The fourth-order valence-corrected chi connectivity index (χ4v) is 1.91. The summed E-state index contributed by atoms with van der Waals surface area (Å²) >= 11 is 0. The van der Waals surface area contributed by atoms with Gasteiger partial charge >= 0.3 is 0 Å². The summed E-state index contributed by atoms with van der Waals surface area (Å²) < 4.78 is 5.23. The first kappa shape index (κ1) is 13.2. The van der Waals surface area contributed by atoms with Gasteiger partial charge in [0, 0.05) is 12.5 Å². The molecule has 4 nitrogen and oxygen atoms in total. The summed E-state index contributed by atoms with van der Waals surface area (Å²) in [6, 6.07) is 8.58. The predicted octanol–water partition coefficient (Wildman–Crippen LogP) is 2.65. The zero-order chi connectivity index (χ0) is 13.8. The lowest BCUT2D eigenvalue weighted by molar-refractivity contribution is 0.0936. The summed E-state index contributed by atoms with van der Waals surface area (Å²) in [6.45, 7) is 3.77. The van der Waals surface area contributed by atoms with E-state index in [-0.39, 0.29) is 17.7 Å².